The first-order valence-corrected chi connectivity index (χ1v) is 8.23. The molecule has 2 rings (SSSR count). The molecule has 2 N–H and O–H groups in total. The highest BCUT2D eigenvalue weighted by Crippen LogP contribution is 2.24. The first-order valence-electron chi connectivity index (χ1n) is 7.03. The third kappa shape index (κ3) is 5.37. The fourth-order valence-corrected chi connectivity index (χ4v) is 2.36. The Bertz CT molecular complexity index is 687. The molecule has 2 aromatic rings. The number of thiocarbonyl (C=S) groups is 1. The van der Waals surface area contributed by atoms with E-state index in [9.17, 15) is 4.79 Å². The minimum atomic E-state index is -0.334. The molecule has 0 saturated carbocycles. The zero-order valence-corrected chi connectivity index (χ0v) is 15.2. The van der Waals surface area contributed by atoms with E-state index in [1.165, 1.54) is 0 Å². The molecule has 5 nitrogen and oxygen atoms in total. The van der Waals surface area contributed by atoms with Crippen LogP contribution in [0.3, 0.4) is 0 Å². The van der Waals surface area contributed by atoms with Crippen LogP contribution in [-0.2, 0) is 6.54 Å². The summed E-state index contributed by atoms with van der Waals surface area (Å²) in [6.45, 7) is 4.21. The summed E-state index contributed by atoms with van der Waals surface area (Å²) < 4.78 is 11.6. The van der Waals surface area contributed by atoms with Gasteiger partial charge in [-0.3, -0.25) is 10.1 Å². The number of nitrogens with one attached hydrogen (secondary N) is 2. The molecule has 0 radical (unpaired) electrons. The molecule has 0 spiro atoms. The van der Waals surface area contributed by atoms with Crippen molar-refractivity contribution in [1.82, 2.24) is 10.6 Å². The molecule has 0 aliphatic carbocycles. The van der Waals surface area contributed by atoms with Crippen LogP contribution in [0.15, 0.2) is 45.5 Å². The maximum absolute atomic E-state index is 12.4. The number of ether oxygens (including phenoxy) is 1. The molecular formula is C16H17BrN2O3S. The lowest BCUT2D eigenvalue weighted by Crippen LogP contribution is -2.39. The normalized spacial score (nSPS) is 10.4. The lowest BCUT2D eigenvalue weighted by molar-refractivity contribution is 0.0970. The molecule has 0 unspecified atom stereocenters. The van der Waals surface area contributed by atoms with Crippen LogP contribution in [0.1, 0.15) is 30.0 Å². The van der Waals surface area contributed by atoms with E-state index in [1.54, 1.807) is 24.5 Å². The molecule has 23 heavy (non-hydrogen) atoms. The number of halogens is 1. The van der Waals surface area contributed by atoms with E-state index in [0.717, 1.165) is 10.2 Å². The molecule has 1 aromatic carbocycles. The second-order valence-electron chi connectivity index (χ2n) is 5.02. The molecule has 0 atom stereocenters. The Morgan fingerprint density at radius 1 is 1.39 bits per heavy atom. The van der Waals surface area contributed by atoms with Crippen molar-refractivity contribution in [3.63, 3.8) is 0 Å². The number of hydrogen-bond donors (Lipinski definition) is 2. The topological polar surface area (TPSA) is 63.5 Å². The number of furan rings is 1. The molecule has 0 aliphatic heterocycles. The van der Waals surface area contributed by atoms with Crippen LogP contribution in [0.4, 0.5) is 0 Å². The Morgan fingerprint density at radius 2 is 2.17 bits per heavy atom. The van der Waals surface area contributed by atoms with Gasteiger partial charge in [-0.1, -0.05) is 15.9 Å². The molecule has 122 valence electrons. The monoisotopic (exact) mass is 396 g/mol. The van der Waals surface area contributed by atoms with Crippen LogP contribution >= 0.6 is 28.1 Å². The molecule has 0 bridgehead atoms. The quantitative estimate of drug-likeness (QED) is 0.755. The average Bonchev–Trinajstić information content (AvgIpc) is 3.00. The first kappa shape index (κ1) is 17.5. The van der Waals surface area contributed by atoms with E-state index < -0.39 is 0 Å². The summed E-state index contributed by atoms with van der Waals surface area (Å²) in [6, 6.07) is 8.87. The molecular weight excluding hydrogens is 380 g/mol. The van der Waals surface area contributed by atoms with Gasteiger partial charge in [0.2, 0.25) is 0 Å². The number of benzene rings is 1. The van der Waals surface area contributed by atoms with Gasteiger partial charge < -0.3 is 14.5 Å². The largest absolute Gasteiger partial charge is 0.490 e. The van der Waals surface area contributed by atoms with Gasteiger partial charge in [0.15, 0.2) is 5.11 Å². The third-order valence-electron chi connectivity index (χ3n) is 2.78. The van der Waals surface area contributed by atoms with Gasteiger partial charge in [-0.2, -0.15) is 0 Å². The highest BCUT2D eigenvalue weighted by Gasteiger charge is 2.15. The summed E-state index contributed by atoms with van der Waals surface area (Å²) >= 11 is 8.49. The average molecular weight is 397 g/mol. The molecule has 1 amide bonds. The third-order valence-corrected chi connectivity index (χ3v) is 3.52. The summed E-state index contributed by atoms with van der Waals surface area (Å²) in [5.74, 6) is 0.904. The predicted octanol–water partition coefficient (Wildman–Crippen LogP) is 3.63. The van der Waals surface area contributed by atoms with Gasteiger partial charge in [-0.25, -0.2) is 0 Å². The summed E-state index contributed by atoms with van der Waals surface area (Å²) in [7, 11) is 0. The molecule has 0 saturated heterocycles. The molecule has 1 heterocycles. The second-order valence-corrected chi connectivity index (χ2v) is 6.35. The summed E-state index contributed by atoms with van der Waals surface area (Å²) in [5.41, 5.74) is 0.412. The van der Waals surface area contributed by atoms with Crippen molar-refractivity contribution in [3.8, 4) is 5.75 Å². The van der Waals surface area contributed by atoms with E-state index in [2.05, 4.69) is 26.6 Å². The van der Waals surface area contributed by atoms with Gasteiger partial charge >= 0.3 is 0 Å². The fraction of sp³-hybridized carbons (Fsp3) is 0.250. The van der Waals surface area contributed by atoms with Crippen LogP contribution in [0.25, 0.3) is 0 Å². The van der Waals surface area contributed by atoms with Crippen LogP contribution in [0.2, 0.25) is 0 Å². The fourth-order valence-electron chi connectivity index (χ4n) is 1.83. The minimum absolute atomic E-state index is 0.0354. The lowest BCUT2D eigenvalue weighted by atomic mass is 10.2. The van der Waals surface area contributed by atoms with E-state index in [4.69, 9.17) is 21.4 Å². The highest BCUT2D eigenvalue weighted by atomic mass is 79.9. The van der Waals surface area contributed by atoms with Gasteiger partial charge in [0.05, 0.1) is 24.5 Å². The summed E-state index contributed by atoms with van der Waals surface area (Å²) in [6.07, 6.45) is 1.54. The zero-order valence-electron chi connectivity index (χ0n) is 12.8. The summed E-state index contributed by atoms with van der Waals surface area (Å²) in [5, 5.41) is 5.78. The minimum Gasteiger partial charge on any atom is -0.490 e. The van der Waals surface area contributed by atoms with Gasteiger partial charge in [0.25, 0.3) is 5.91 Å². The Balaban J connectivity index is 2.01. The van der Waals surface area contributed by atoms with Crippen molar-refractivity contribution < 1.29 is 13.9 Å². The van der Waals surface area contributed by atoms with Crippen molar-refractivity contribution in [2.45, 2.75) is 26.5 Å². The standard InChI is InChI=1S/C16H17BrN2O3S/c1-10(2)22-14-6-5-11(17)8-13(14)15(20)19-16(23)18-9-12-4-3-7-21-12/h3-8,10H,9H2,1-2H3,(H2,18,19,20,23). The first-order chi connectivity index (χ1) is 11.0. The van der Waals surface area contributed by atoms with Gasteiger partial charge in [-0.05, 0) is 56.4 Å². The van der Waals surface area contributed by atoms with Crippen LogP contribution in [0.5, 0.6) is 5.75 Å². The van der Waals surface area contributed by atoms with E-state index in [1.807, 2.05) is 26.0 Å². The Labute approximate surface area is 148 Å². The number of rotatable bonds is 5. The van der Waals surface area contributed by atoms with Crippen LogP contribution in [0, 0.1) is 0 Å². The SMILES string of the molecule is CC(C)Oc1ccc(Br)cc1C(=O)NC(=S)NCc1ccco1. The Kier molecular flexibility index (Phi) is 6.18. The molecule has 0 aliphatic rings. The van der Waals surface area contributed by atoms with Crippen molar-refractivity contribution in [2.24, 2.45) is 0 Å². The van der Waals surface area contributed by atoms with Crippen molar-refractivity contribution in [1.29, 1.82) is 0 Å². The van der Waals surface area contributed by atoms with Crippen LogP contribution < -0.4 is 15.4 Å². The van der Waals surface area contributed by atoms with Crippen molar-refractivity contribution >= 4 is 39.2 Å². The van der Waals surface area contributed by atoms with Crippen molar-refractivity contribution in [2.75, 3.05) is 0 Å². The lowest BCUT2D eigenvalue weighted by Gasteiger charge is -2.15. The molecule has 7 heteroatoms. The second kappa shape index (κ2) is 8.12. The van der Waals surface area contributed by atoms with Crippen LogP contribution in [-0.4, -0.2) is 17.1 Å². The Hall–Kier alpha value is -1.86. The van der Waals surface area contributed by atoms with Crippen molar-refractivity contribution in [3.05, 3.63) is 52.4 Å². The van der Waals surface area contributed by atoms with E-state index >= 15 is 0 Å². The number of hydrogen-bond acceptors (Lipinski definition) is 4. The van der Waals surface area contributed by atoms with E-state index in [-0.39, 0.29) is 17.1 Å². The zero-order chi connectivity index (χ0) is 16.8. The van der Waals surface area contributed by atoms with Gasteiger partial charge in [0.1, 0.15) is 11.5 Å². The maximum Gasteiger partial charge on any atom is 0.261 e. The summed E-state index contributed by atoms with van der Waals surface area (Å²) in [4.78, 5) is 12.4. The highest BCUT2D eigenvalue weighted by molar-refractivity contribution is 9.10. The van der Waals surface area contributed by atoms with E-state index in [0.29, 0.717) is 17.9 Å². The smallest absolute Gasteiger partial charge is 0.261 e. The maximum atomic E-state index is 12.4. The van der Waals surface area contributed by atoms with Gasteiger partial charge in [-0.15, -0.1) is 0 Å². The molecule has 1 aromatic heterocycles. The number of amides is 1. The van der Waals surface area contributed by atoms with Gasteiger partial charge in [0, 0.05) is 4.47 Å². The molecule has 0 fully saturated rings. The Morgan fingerprint density at radius 3 is 2.83 bits per heavy atom. The predicted molar refractivity (Wildman–Crippen MR) is 95.5 cm³/mol. The number of carbonyl (C=O) groups excluding carboxylic acids is 1. The number of carbonyl (C=O) groups is 1.